The van der Waals surface area contributed by atoms with Crippen LogP contribution in [0.2, 0.25) is 6.04 Å². The van der Waals surface area contributed by atoms with Crippen LogP contribution >= 0.6 is 0 Å². The Morgan fingerprint density at radius 2 is 2.08 bits per heavy atom. The van der Waals surface area contributed by atoms with Crippen molar-refractivity contribution in [3.05, 3.63) is 0 Å². The highest BCUT2D eigenvalue weighted by Gasteiger charge is 2.30. The molecule has 0 aromatic carbocycles. The summed E-state index contributed by atoms with van der Waals surface area (Å²) in [6.45, 7) is 2.18. The molecule has 0 aromatic heterocycles. The standard InChI is InChI=1S/C8H19NO2Si/c1-6-2-3-7(8(6)9)4-5-12(10)11/h6-8,10-12H,2-5,9H2,1H3. The maximum absolute atomic E-state index is 8.82. The van der Waals surface area contributed by atoms with Gasteiger partial charge < -0.3 is 15.3 Å². The smallest absolute Gasteiger partial charge is 0.316 e. The molecule has 1 saturated carbocycles. The molecule has 1 fully saturated rings. The van der Waals surface area contributed by atoms with E-state index in [9.17, 15) is 0 Å². The van der Waals surface area contributed by atoms with Crippen LogP contribution < -0.4 is 5.73 Å². The molecule has 3 atom stereocenters. The highest BCUT2D eigenvalue weighted by molar-refractivity contribution is 6.40. The normalized spacial score (nSPS) is 36.2. The lowest BCUT2D eigenvalue weighted by atomic mass is 9.98. The highest BCUT2D eigenvalue weighted by atomic mass is 28.3. The first-order valence-corrected chi connectivity index (χ1v) is 6.58. The molecule has 3 unspecified atom stereocenters. The van der Waals surface area contributed by atoms with Crippen LogP contribution in [-0.4, -0.2) is 24.9 Å². The zero-order chi connectivity index (χ0) is 9.14. The van der Waals surface area contributed by atoms with Crippen molar-refractivity contribution in [2.75, 3.05) is 0 Å². The molecule has 4 N–H and O–H groups in total. The first-order valence-electron chi connectivity index (χ1n) is 4.73. The molecule has 0 radical (unpaired) electrons. The van der Waals surface area contributed by atoms with Gasteiger partial charge in [0.25, 0.3) is 0 Å². The molecule has 0 saturated heterocycles. The van der Waals surface area contributed by atoms with Crippen LogP contribution in [-0.2, 0) is 0 Å². The third-order valence-electron chi connectivity index (χ3n) is 2.99. The Balaban J connectivity index is 2.24. The molecule has 1 rings (SSSR count). The molecule has 0 aliphatic heterocycles. The van der Waals surface area contributed by atoms with Gasteiger partial charge in [0.2, 0.25) is 0 Å². The molecule has 1 aliphatic carbocycles. The monoisotopic (exact) mass is 189 g/mol. The summed E-state index contributed by atoms with van der Waals surface area (Å²) in [6, 6.07) is 0.892. The summed E-state index contributed by atoms with van der Waals surface area (Å²) in [5.41, 5.74) is 5.96. The summed E-state index contributed by atoms with van der Waals surface area (Å²) in [4.78, 5) is 17.6. The van der Waals surface area contributed by atoms with Crippen LogP contribution in [0.4, 0.5) is 0 Å². The quantitative estimate of drug-likeness (QED) is 0.546. The summed E-state index contributed by atoms with van der Waals surface area (Å²) >= 11 is 0. The van der Waals surface area contributed by atoms with E-state index in [1.807, 2.05) is 0 Å². The molecule has 0 amide bonds. The van der Waals surface area contributed by atoms with E-state index in [1.165, 1.54) is 12.8 Å². The number of hydrogen-bond donors (Lipinski definition) is 3. The third kappa shape index (κ3) is 2.55. The van der Waals surface area contributed by atoms with E-state index in [2.05, 4.69) is 6.92 Å². The molecule has 12 heavy (non-hydrogen) atoms. The molecule has 0 spiro atoms. The maximum atomic E-state index is 8.82. The summed E-state index contributed by atoms with van der Waals surface area (Å²) < 4.78 is 0. The predicted molar refractivity (Wildman–Crippen MR) is 50.9 cm³/mol. The van der Waals surface area contributed by atoms with Gasteiger partial charge in [-0.25, -0.2) is 0 Å². The Hall–Kier alpha value is 0.0969. The first-order chi connectivity index (χ1) is 5.61. The molecule has 0 bridgehead atoms. The van der Waals surface area contributed by atoms with Gasteiger partial charge in [-0.05, 0) is 37.1 Å². The van der Waals surface area contributed by atoms with Gasteiger partial charge in [0, 0.05) is 6.04 Å². The van der Waals surface area contributed by atoms with Gasteiger partial charge in [-0.3, -0.25) is 0 Å². The zero-order valence-corrected chi connectivity index (χ0v) is 8.76. The average molecular weight is 189 g/mol. The van der Waals surface area contributed by atoms with Gasteiger partial charge in [-0.15, -0.1) is 0 Å². The molecular weight excluding hydrogens is 170 g/mol. The molecule has 0 aromatic rings. The van der Waals surface area contributed by atoms with Crippen LogP contribution in [0.25, 0.3) is 0 Å². The minimum absolute atomic E-state index is 0.290. The fraction of sp³-hybridized carbons (Fsp3) is 1.00. The van der Waals surface area contributed by atoms with Crippen molar-refractivity contribution < 1.29 is 9.59 Å². The Labute approximate surface area is 75.4 Å². The van der Waals surface area contributed by atoms with Crippen molar-refractivity contribution in [3.63, 3.8) is 0 Å². The minimum Gasteiger partial charge on any atom is -0.413 e. The second kappa shape index (κ2) is 4.37. The van der Waals surface area contributed by atoms with E-state index >= 15 is 0 Å². The lowest BCUT2D eigenvalue weighted by Crippen LogP contribution is -2.30. The van der Waals surface area contributed by atoms with Crippen molar-refractivity contribution in [2.45, 2.75) is 38.3 Å². The largest absolute Gasteiger partial charge is 0.413 e. The van der Waals surface area contributed by atoms with Gasteiger partial charge in [-0.2, -0.15) is 0 Å². The van der Waals surface area contributed by atoms with E-state index in [1.54, 1.807) is 0 Å². The number of hydrogen-bond acceptors (Lipinski definition) is 3. The van der Waals surface area contributed by atoms with Gasteiger partial charge in [-0.1, -0.05) is 6.92 Å². The first kappa shape index (κ1) is 10.2. The Kier molecular flexibility index (Phi) is 3.70. The van der Waals surface area contributed by atoms with Crippen molar-refractivity contribution in [2.24, 2.45) is 17.6 Å². The van der Waals surface area contributed by atoms with E-state index < -0.39 is 9.28 Å². The van der Waals surface area contributed by atoms with Crippen molar-refractivity contribution >= 4 is 9.28 Å². The van der Waals surface area contributed by atoms with E-state index in [0.717, 1.165) is 6.42 Å². The van der Waals surface area contributed by atoms with Gasteiger partial charge in [0.1, 0.15) is 0 Å². The number of nitrogens with two attached hydrogens (primary N) is 1. The topological polar surface area (TPSA) is 66.5 Å². The second-order valence-corrected chi connectivity index (χ2v) is 5.49. The fourth-order valence-electron chi connectivity index (χ4n) is 2.03. The summed E-state index contributed by atoms with van der Waals surface area (Å²) in [5, 5.41) is 0. The highest BCUT2D eigenvalue weighted by Crippen LogP contribution is 2.32. The minimum atomic E-state index is -2.33. The Morgan fingerprint density at radius 1 is 1.42 bits per heavy atom. The predicted octanol–water partition coefficient (Wildman–Crippen LogP) is -0.0450. The molecule has 0 heterocycles. The van der Waals surface area contributed by atoms with E-state index in [4.69, 9.17) is 15.3 Å². The van der Waals surface area contributed by atoms with Crippen LogP contribution in [0.15, 0.2) is 0 Å². The third-order valence-corrected chi connectivity index (χ3v) is 3.84. The van der Waals surface area contributed by atoms with E-state index in [-0.39, 0.29) is 6.04 Å². The fourth-order valence-corrected chi connectivity index (χ4v) is 2.75. The summed E-state index contributed by atoms with van der Waals surface area (Å²) in [7, 11) is -2.33. The van der Waals surface area contributed by atoms with Crippen molar-refractivity contribution in [1.29, 1.82) is 0 Å². The molecular formula is C8H19NO2Si. The molecule has 1 aliphatic rings. The molecule has 4 heteroatoms. The van der Waals surface area contributed by atoms with Crippen LogP contribution in [0, 0.1) is 11.8 Å². The second-order valence-electron chi connectivity index (χ2n) is 3.95. The van der Waals surface area contributed by atoms with Crippen molar-refractivity contribution in [3.8, 4) is 0 Å². The lowest BCUT2D eigenvalue weighted by Gasteiger charge is -2.17. The van der Waals surface area contributed by atoms with Gasteiger partial charge in [0.05, 0.1) is 0 Å². The van der Waals surface area contributed by atoms with E-state index in [0.29, 0.717) is 17.9 Å². The number of rotatable bonds is 3. The molecule has 3 nitrogen and oxygen atoms in total. The van der Waals surface area contributed by atoms with Crippen LogP contribution in [0.1, 0.15) is 26.2 Å². The Morgan fingerprint density at radius 3 is 2.50 bits per heavy atom. The van der Waals surface area contributed by atoms with Crippen LogP contribution in [0.3, 0.4) is 0 Å². The summed E-state index contributed by atoms with van der Waals surface area (Å²) in [5.74, 6) is 1.15. The van der Waals surface area contributed by atoms with Crippen LogP contribution in [0.5, 0.6) is 0 Å². The van der Waals surface area contributed by atoms with Gasteiger partial charge in [0.15, 0.2) is 0 Å². The van der Waals surface area contributed by atoms with Gasteiger partial charge >= 0.3 is 9.28 Å². The zero-order valence-electron chi connectivity index (χ0n) is 7.61. The Bertz CT molecular complexity index is 143. The lowest BCUT2D eigenvalue weighted by molar-refractivity contribution is 0.375. The average Bonchev–Trinajstić information content (AvgIpc) is 2.30. The summed E-state index contributed by atoms with van der Waals surface area (Å²) in [6.07, 6.45) is 3.29. The maximum Gasteiger partial charge on any atom is 0.316 e. The molecule has 72 valence electrons. The van der Waals surface area contributed by atoms with Crippen molar-refractivity contribution in [1.82, 2.24) is 0 Å². The SMILES string of the molecule is CC1CCC(CC[SiH](O)O)C1N.